The van der Waals surface area contributed by atoms with Crippen molar-refractivity contribution in [1.29, 1.82) is 0 Å². The van der Waals surface area contributed by atoms with Crippen molar-refractivity contribution in [3.63, 3.8) is 0 Å². The van der Waals surface area contributed by atoms with E-state index in [1.807, 2.05) is 68.1 Å². The highest BCUT2D eigenvalue weighted by molar-refractivity contribution is 7.80. The second-order valence-electron chi connectivity index (χ2n) is 9.36. The van der Waals surface area contributed by atoms with Crippen molar-refractivity contribution in [2.45, 2.75) is 33.7 Å². The Bertz CT molecular complexity index is 1590. The zero-order valence-corrected chi connectivity index (χ0v) is 22.8. The van der Waals surface area contributed by atoms with Gasteiger partial charge in [0.2, 0.25) is 0 Å². The van der Waals surface area contributed by atoms with E-state index >= 15 is 0 Å². The van der Waals surface area contributed by atoms with Gasteiger partial charge in [-0.1, -0.05) is 48.9 Å². The lowest BCUT2D eigenvalue weighted by Gasteiger charge is -2.17. The van der Waals surface area contributed by atoms with E-state index in [1.165, 1.54) is 6.07 Å². The number of aryl methyl sites for hydroxylation is 3. The third-order valence-electron chi connectivity index (χ3n) is 7.09. The van der Waals surface area contributed by atoms with Gasteiger partial charge in [0, 0.05) is 34.8 Å². The molecule has 0 spiro atoms. The molecular formula is C30H27ClFN3OS. The topological polar surface area (TPSA) is 28.5 Å². The number of nitrogens with zero attached hydrogens (tertiary/aromatic N) is 3. The Balaban J connectivity index is 1.62. The summed E-state index contributed by atoms with van der Waals surface area (Å²) in [7, 11) is 1.81. The highest BCUT2D eigenvalue weighted by atomic mass is 35.5. The first kappa shape index (κ1) is 25.2. The van der Waals surface area contributed by atoms with Crippen LogP contribution in [0.3, 0.4) is 0 Å². The van der Waals surface area contributed by atoms with Gasteiger partial charge in [0.25, 0.3) is 5.91 Å². The van der Waals surface area contributed by atoms with Gasteiger partial charge in [-0.25, -0.2) is 4.39 Å². The van der Waals surface area contributed by atoms with Gasteiger partial charge < -0.3 is 9.47 Å². The fourth-order valence-electron chi connectivity index (χ4n) is 4.84. The zero-order chi connectivity index (χ0) is 26.4. The minimum Gasteiger partial charge on any atom is -0.342 e. The normalized spacial score (nSPS) is 15.0. The molecular weight excluding hydrogens is 505 g/mol. The van der Waals surface area contributed by atoms with Crippen LogP contribution in [0.4, 0.5) is 10.1 Å². The first-order valence-electron chi connectivity index (χ1n) is 12.2. The Morgan fingerprint density at radius 2 is 1.81 bits per heavy atom. The molecule has 0 radical (unpaired) electrons. The molecule has 1 aliphatic rings. The van der Waals surface area contributed by atoms with Crippen molar-refractivity contribution in [1.82, 2.24) is 9.47 Å². The Morgan fingerprint density at radius 1 is 1.05 bits per heavy atom. The molecule has 3 aromatic carbocycles. The molecule has 37 heavy (non-hydrogen) atoms. The molecule has 0 unspecified atom stereocenters. The minimum atomic E-state index is -0.344. The molecule has 1 aliphatic heterocycles. The number of fused-ring (bicyclic) bond motifs is 1. The molecule has 4 nitrogen and oxygen atoms in total. The minimum absolute atomic E-state index is 0.180. The van der Waals surface area contributed by atoms with E-state index in [9.17, 15) is 9.18 Å². The van der Waals surface area contributed by atoms with Crippen LogP contribution in [0, 0.1) is 19.7 Å². The van der Waals surface area contributed by atoms with E-state index in [-0.39, 0.29) is 18.3 Å². The van der Waals surface area contributed by atoms with Gasteiger partial charge in [-0.3, -0.25) is 9.69 Å². The van der Waals surface area contributed by atoms with Gasteiger partial charge in [-0.2, -0.15) is 0 Å². The quantitative estimate of drug-likeness (QED) is 0.200. The summed E-state index contributed by atoms with van der Waals surface area (Å²) in [6.45, 7) is 6.42. The third kappa shape index (κ3) is 4.34. The molecule has 1 saturated heterocycles. The molecule has 2 heterocycles. The lowest BCUT2D eigenvalue weighted by molar-refractivity contribution is -0.114. The van der Waals surface area contributed by atoms with Crippen LogP contribution in [-0.4, -0.2) is 27.5 Å². The number of carbonyl (C=O) groups is 1. The number of hydrogen-bond acceptors (Lipinski definition) is 2. The average molecular weight is 532 g/mol. The lowest BCUT2D eigenvalue weighted by Crippen LogP contribution is -2.31. The molecule has 1 amide bonds. The number of carbonyl (C=O) groups excluding carboxylic acids is 1. The van der Waals surface area contributed by atoms with E-state index in [2.05, 4.69) is 13.0 Å². The van der Waals surface area contributed by atoms with Gasteiger partial charge in [0.15, 0.2) is 5.11 Å². The Kier molecular flexibility index (Phi) is 6.65. The van der Waals surface area contributed by atoms with Crippen LogP contribution in [0.1, 0.15) is 34.7 Å². The van der Waals surface area contributed by atoms with Crippen molar-refractivity contribution >= 4 is 57.5 Å². The molecule has 0 N–H and O–H groups in total. The SMILES string of the molecule is CCc1cccc2c(/C=C3/C(=O)N(c4ccc(C)c(C)c4)C(=S)N3C)cn(Cc3c(F)cccc3Cl)c12. The largest absolute Gasteiger partial charge is 0.342 e. The fraction of sp³-hybridized carbons (Fsp3) is 0.200. The summed E-state index contributed by atoms with van der Waals surface area (Å²) in [6.07, 6.45) is 4.64. The fourth-order valence-corrected chi connectivity index (χ4v) is 5.35. The number of benzene rings is 3. The van der Waals surface area contributed by atoms with E-state index in [4.69, 9.17) is 23.8 Å². The summed E-state index contributed by atoms with van der Waals surface area (Å²) in [5, 5.41) is 1.79. The Hall–Kier alpha value is -3.48. The zero-order valence-electron chi connectivity index (χ0n) is 21.2. The number of amides is 1. The van der Waals surface area contributed by atoms with Crippen LogP contribution in [0.15, 0.2) is 66.5 Å². The van der Waals surface area contributed by atoms with E-state index in [0.717, 1.165) is 45.3 Å². The summed E-state index contributed by atoms with van der Waals surface area (Å²) >= 11 is 12.0. The predicted molar refractivity (Wildman–Crippen MR) is 154 cm³/mol. The standard InChI is InChI=1S/C30H27ClFN3OS/c1-5-20-8-6-9-23-21(16-34(28(20)23)17-24-25(31)10-7-11-26(24)32)15-27-29(36)35(30(37)33(27)4)22-13-12-18(2)19(3)14-22/h6-16H,5,17H2,1-4H3/b27-15-. The second kappa shape index (κ2) is 9.77. The summed E-state index contributed by atoms with van der Waals surface area (Å²) in [5.74, 6) is -0.524. The number of thiocarbonyl (C=S) groups is 1. The maximum atomic E-state index is 14.7. The summed E-state index contributed by atoms with van der Waals surface area (Å²) in [4.78, 5) is 16.9. The number of para-hydroxylation sites is 1. The third-order valence-corrected chi connectivity index (χ3v) is 7.90. The van der Waals surface area contributed by atoms with Crippen molar-refractivity contribution < 1.29 is 9.18 Å². The van der Waals surface area contributed by atoms with Crippen molar-refractivity contribution in [3.05, 3.63) is 105 Å². The van der Waals surface area contributed by atoms with E-state index < -0.39 is 0 Å². The summed E-state index contributed by atoms with van der Waals surface area (Å²) in [6, 6.07) is 16.7. The number of anilines is 1. The van der Waals surface area contributed by atoms with Crippen LogP contribution < -0.4 is 4.90 Å². The number of likely N-dealkylation sites (N-methyl/N-ethyl adjacent to an activating group) is 1. The predicted octanol–water partition coefficient (Wildman–Crippen LogP) is 7.27. The van der Waals surface area contributed by atoms with Crippen LogP contribution in [0.25, 0.3) is 17.0 Å². The first-order chi connectivity index (χ1) is 17.7. The van der Waals surface area contributed by atoms with Gasteiger partial charge in [-0.05, 0) is 79.5 Å². The number of halogens is 2. The average Bonchev–Trinajstić information content (AvgIpc) is 3.33. The number of hydrogen-bond donors (Lipinski definition) is 0. The molecule has 0 bridgehead atoms. The molecule has 0 atom stereocenters. The number of aromatic nitrogens is 1. The van der Waals surface area contributed by atoms with E-state index in [0.29, 0.717) is 21.4 Å². The molecule has 1 fully saturated rings. The van der Waals surface area contributed by atoms with Crippen LogP contribution in [0.2, 0.25) is 5.02 Å². The van der Waals surface area contributed by atoms with Gasteiger partial charge in [-0.15, -0.1) is 0 Å². The maximum Gasteiger partial charge on any atom is 0.281 e. The van der Waals surface area contributed by atoms with Crippen LogP contribution >= 0.6 is 23.8 Å². The molecule has 0 aliphatic carbocycles. The van der Waals surface area contributed by atoms with Gasteiger partial charge in [0.1, 0.15) is 11.5 Å². The van der Waals surface area contributed by atoms with Crippen LogP contribution in [-0.2, 0) is 17.8 Å². The lowest BCUT2D eigenvalue weighted by atomic mass is 10.1. The van der Waals surface area contributed by atoms with Gasteiger partial charge in [0.05, 0.1) is 17.7 Å². The molecule has 4 aromatic rings. The monoisotopic (exact) mass is 531 g/mol. The summed E-state index contributed by atoms with van der Waals surface area (Å²) in [5.41, 5.74) is 6.90. The molecule has 0 saturated carbocycles. The van der Waals surface area contributed by atoms with Gasteiger partial charge >= 0.3 is 0 Å². The molecule has 1 aromatic heterocycles. The Morgan fingerprint density at radius 3 is 2.51 bits per heavy atom. The van der Waals surface area contributed by atoms with Crippen molar-refractivity contribution in [2.24, 2.45) is 0 Å². The van der Waals surface area contributed by atoms with Crippen molar-refractivity contribution in [2.75, 3.05) is 11.9 Å². The van der Waals surface area contributed by atoms with E-state index in [1.54, 1.807) is 21.9 Å². The first-order valence-corrected chi connectivity index (χ1v) is 12.9. The molecule has 188 valence electrons. The number of rotatable bonds is 5. The highest BCUT2D eigenvalue weighted by Gasteiger charge is 2.37. The smallest absolute Gasteiger partial charge is 0.281 e. The molecule has 5 rings (SSSR count). The Labute approximate surface area is 226 Å². The molecule has 7 heteroatoms. The highest BCUT2D eigenvalue weighted by Crippen LogP contribution is 2.33. The summed E-state index contributed by atoms with van der Waals surface area (Å²) < 4.78 is 16.7. The van der Waals surface area contributed by atoms with Crippen LogP contribution in [0.5, 0.6) is 0 Å². The van der Waals surface area contributed by atoms with Crippen molar-refractivity contribution in [3.8, 4) is 0 Å². The maximum absolute atomic E-state index is 14.7. The second-order valence-corrected chi connectivity index (χ2v) is 10.1.